The second-order valence-electron chi connectivity index (χ2n) is 8.64. The minimum Gasteiger partial charge on any atom is -0.326 e. The van der Waals surface area contributed by atoms with Gasteiger partial charge in [0.1, 0.15) is 4.90 Å². The van der Waals surface area contributed by atoms with Gasteiger partial charge in [-0.05, 0) is 69.6 Å². The molecular weight excluding hydrogens is 412 g/mol. The van der Waals surface area contributed by atoms with E-state index in [4.69, 9.17) is 0 Å². The predicted molar refractivity (Wildman–Crippen MR) is 121 cm³/mol. The van der Waals surface area contributed by atoms with Crippen molar-refractivity contribution in [2.24, 2.45) is 0 Å². The minimum absolute atomic E-state index is 0.0769. The summed E-state index contributed by atoms with van der Waals surface area (Å²) in [6.07, 6.45) is 7.53. The molecule has 31 heavy (non-hydrogen) atoms. The summed E-state index contributed by atoms with van der Waals surface area (Å²) < 4.78 is 29.5. The summed E-state index contributed by atoms with van der Waals surface area (Å²) in [6, 6.07) is 6.11. The van der Waals surface area contributed by atoms with Gasteiger partial charge < -0.3 is 5.32 Å². The van der Waals surface area contributed by atoms with Crippen LogP contribution >= 0.6 is 0 Å². The molecule has 1 saturated heterocycles. The fourth-order valence-corrected chi connectivity index (χ4v) is 6.71. The maximum Gasteiger partial charge on any atom is 0.246 e. The molecule has 0 radical (unpaired) electrons. The van der Waals surface area contributed by atoms with E-state index in [1.165, 1.54) is 17.5 Å². The first-order valence-corrected chi connectivity index (χ1v) is 12.8. The van der Waals surface area contributed by atoms with Gasteiger partial charge in [-0.1, -0.05) is 18.6 Å². The smallest absolute Gasteiger partial charge is 0.246 e. The van der Waals surface area contributed by atoms with Crippen LogP contribution in [0.1, 0.15) is 61.0 Å². The van der Waals surface area contributed by atoms with Crippen molar-refractivity contribution in [2.75, 3.05) is 18.4 Å². The van der Waals surface area contributed by atoms with E-state index in [1.807, 2.05) is 12.1 Å². The second kappa shape index (κ2) is 9.12. The van der Waals surface area contributed by atoms with Gasteiger partial charge in [0.05, 0.1) is 17.9 Å². The molecule has 1 aliphatic heterocycles. The highest BCUT2D eigenvalue weighted by atomic mass is 32.2. The number of aromatic nitrogens is 2. The summed E-state index contributed by atoms with van der Waals surface area (Å²) in [6.45, 7) is 4.99. The lowest BCUT2D eigenvalue weighted by Crippen LogP contribution is -2.36. The molecule has 1 aliphatic carbocycles. The Balaban J connectivity index is 1.45. The Morgan fingerprint density at radius 2 is 1.81 bits per heavy atom. The molecule has 4 rings (SSSR count). The first kappa shape index (κ1) is 22.0. The summed E-state index contributed by atoms with van der Waals surface area (Å²) in [5.41, 5.74) is 4.59. The molecule has 0 unspecified atom stereocenters. The van der Waals surface area contributed by atoms with E-state index in [0.717, 1.165) is 44.2 Å². The number of piperidine rings is 1. The second-order valence-corrected chi connectivity index (χ2v) is 10.5. The lowest BCUT2D eigenvalue weighted by Gasteiger charge is -2.26. The Morgan fingerprint density at radius 3 is 2.58 bits per heavy atom. The van der Waals surface area contributed by atoms with Crippen LogP contribution in [0.4, 0.5) is 5.69 Å². The zero-order chi connectivity index (χ0) is 22.0. The molecule has 0 bridgehead atoms. The molecule has 168 valence electrons. The van der Waals surface area contributed by atoms with Crippen LogP contribution in [0.15, 0.2) is 23.1 Å². The first-order chi connectivity index (χ1) is 14.9. The minimum atomic E-state index is -3.55. The zero-order valence-corrected chi connectivity index (χ0v) is 19.3. The molecule has 2 heterocycles. The van der Waals surface area contributed by atoms with Crippen molar-refractivity contribution in [2.45, 2.75) is 76.7 Å². The molecule has 0 saturated carbocycles. The fraction of sp³-hybridized carbons (Fsp3) is 0.565. The highest BCUT2D eigenvalue weighted by Gasteiger charge is 2.31. The van der Waals surface area contributed by atoms with Crippen LogP contribution in [0, 0.1) is 13.8 Å². The number of nitrogens with one attached hydrogen (secondary N) is 1. The number of benzene rings is 1. The van der Waals surface area contributed by atoms with Crippen LogP contribution in [0.25, 0.3) is 0 Å². The number of carbonyl (C=O) groups excluding carboxylic acids is 1. The Hall–Kier alpha value is -2.19. The number of fused-ring (bicyclic) bond motifs is 1. The monoisotopic (exact) mass is 444 g/mol. The highest BCUT2D eigenvalue weighted by Crippen LogP contribution is 2.28. The fourth-order valence-electron chi connectivity index (χ4n) is 4.82. The molecule has 1 amide bonds. The maximum absolute atomic E-state index is 13.2. The lowest BCUT2D eigenvalue weighted by atomic mass is 9.90. The molecule has 1 aromatic carbocycles. The van der Waals surface area contributed by atoms with Crippen molar-refractivity contribution in [3.8, 4) is 0 Å². The van der Waals surface area contributed by atoms with Gasteiger partial charge in [0.2, 0.25) is 15.9 Å². The Bertz CT molecular complexity index is 1070. The molecule has 1 fully saturated rings. The van der Waals surface area contributed by atoms with Crippen molar-refractivity contribution in [3.05, 3.63) is 40.7 Å². The largest absolute Gasteiger partial charge is 0.326 e. The van der Waals surface area contributed by atoms with E-state index >= 15 is 0 Å². The molecule has 1 N–H and O–H groups in total. The summed E-state index contributed by atoms with van der Waals surface area (Å²) in [5, 5.41) is 7.51. The van der Waals surface area contributed by atoms with Gasteiger partial charge in [-0.2, -0.15) is 9.40 Å². The third-order valence-electron chi connectivity index (χ3n) is 6.45. The van der Waals surface area contributed by atoms with Gasteiger partial charge in [0.15, 0.2) is 0 Å². The third kappa shape index (κ3) is 4.55. The predicted octanol–water partition coefficient (Wildman–Crippen LogP) is 3.58. The number of carbonyl (C=O) groups is 1. The van der Waals surface area contributed by atoms with Crippen LogP contribution < -0.4 is 5.32 Å². The third-order valence-corrected chi connectivity index (χ3v) is 8.60. The van der Waals surface area contributed by atoms with Crippen molar-refractivity contribution in [1.29, 1.82) is 0 Å². The summed E-state index contributed by atoms with van der Waals surface area (Å²) >= 11 is 0. The number of hydrogen-bond acceptors (Lipinski definition) is 4. The van der Waals surface area contributed by atoms with Gasteiger partial charge in [-0.25, -0.2) is 8.42 Å². The van der Waals surface area contributed by atoms with E-state index in [9.17, 15) is 13.2 Å². The average Bonchev–Trinajstić information content (AvgIpc) is 3.07. The van der Waals surface area contributed by atoms with Gasteiger partial charge in [0.25, 0.3) is 0 Å². The van der Waals surface area contributed by atoms with Gasteiger partial charge in [-0.15, -0.1) is 0 Å². The zero-order valence-electron chi connectivity index (χ0n) is 18.5. The van der Waals surface area contributed by atoms with E-state index in [-0.39, 0.29) is 12.3 Å². The van der Waals surface area contributed by atoms with E-state index in [0.29, 0.717) is 35.9 Å². The van der Waals surface area contributed by atoms with Gasteiger partial charge in [-0.3, -0.25) is 9.48 Å². The molecule has 8 heteroatoms. The summed E-state index contributed by atoms with van der Waals surface area (Å²) in [4.78, 5) is 12.9. The number of sulfonamides is 1. The highest BCUT2D eigenvalue weighted by molar-refractivity contribution is 7.89. The Morgan fingerprint density at radius 1 is 1.06 bits per heavy atom. The van der Waals surface area contributed by atoms with Crippen LogP contribution in [-0.2, 0) is 34.2 Å². The van der Waals surface area contributed by atoms with Crippen LogP contribution in [0.2, 0.25) is 0 Å². The van der Waals surface area contributed by atoms with Gasteiger partial charge in [0, 0.05) is 25.2 Å². The molecule has 7 nitrogen and oxygen atoms in total. The normalized spacial score (nSPS) is 17.4. The van der Waals surface area contributed by atoms with E-state index < -0.39 is 10.0 Å². The van der Waals surface area contributed by atoms with E-state index in [1.54, 1.807) is 22.8 Å². The van der Waals surface area contributed by atoms with Crippen LogP contribution in [0.3, 0.4) is 0 Å². The van der Waals surface area contributed by atoms with Gasteiger partial charge >= 0.3 is 0 Å². The van der Waals surface area contributed by atoms with E-state index in [2.05, 4.69) is 16.5 Å². The SMILES string of the molecule is Cc1nn(CCC(=O)Nc2cccc3c2CCCC3)c(C)c1S(=O)(=O)N1CCCCC1. The molecular formula is C23H32N4O3S. The number of hydrogen-bond donors (Lipinski definition) is 1. The number of amides is 1. The summed E-state index contributed by atoms with van der Waals surface area (Å²) in [5.74, 6) is -0.0769. The number of aryl methyl sites for hydroxylation is 3. The number of anilines is 1. The van der Waals surface area contributed by atoms with Crippen molar-refractivity contribution in [1.82, 2.24) is 14.1 Å². The maximum atomic E-state index is 13.2. The molecule has 2 aromatic rings. The average molecular weight is 445 g/mol. The quantitative estimate of drug-likeness (QED) is 0.738. The molecule has 2 aliphatic rings. The van der Waals surface area contributed by atoms with Crippen LogP contribution in [-0.4, -0.2) is 41.5 Å². The van der Waals surface area contributed by atoms with Crippen LogP contribution in [0.5, 0.6) is 0 Å². The summed E-state index contributed by atoms with van der Waals surface area (Å²) in [7, 11) is -3.55. The number of rotatable bonds is 6. The topological polar surface area (TPSA) is 84.3 Å². The molecule has 0 spiro atoms. The van der Waals surface area contributed by atoms with Crippen molar-refractivity contribution < 1.29 is 13.2 Å². The van der Waals surface area contributed by atoms with Crippen molar-refractivity contribution >= 4 is 21.6 Å². The Kier molecular flexibility index (Phi) is 6.48. The molecule has 1 aromatic heterocycles. The lowest BCUT2D eigenvalue weighted by molar-refractivity contribution is -0.116. The first-order valence-electron chi connectivity index (χ1n) is 11.3. The molecule has 0 atom stereocenters. The standard InChI is InChI=1S/C23H32N4O3S/c1-17-23(31(29,30)26-14-6-3-7-15-26)18(2)27(25-17)16-13-22(28)24-21-12-8-10-19-9-4-5-11-20(19)21/h8,10,12H,3-7,9,11,13-16H2,1-2H3,(H,24,28). The van der Waals surface area contributed by atoms with Crippen molar-refractivity contribution in [3.63, 3.8) is 0 Å². The Labute approximate surface area is 184 Å². The number of nitrogens with zero attached hydrogens (tertiary/aromatic N) is 3.